The zero-order valence-corrected chi connectivity index (χ0v) is 14.2. The normalized spacial score (nSPS) is 11.5. The van der Waals surface area contributed by atoms with Crippen LogP contribution in [0.4, 0.5) is 10.1 Å². The smallest absolute Gasteiger partial charge is 0.201 e. The van der Waals surface area contributed by atoms with Crippen molar-refractivity contribution in [2.24, 2.45) is 0 Å². The molecule has 1 heterocycles. The van der Waals surface area contributed by atoms with Gasteiger partial charge in [-0.1, -0.05) is 59.8 Å². The van der Waals surface area contributed by atoms with Crippen LogP contribution in [0.15, 0.2) is 93.9 Å². The molecule has 2 aromatic carbocycles. The maximum atomic E-state index is 14.9. The Hall–Kier alpha value is -2.46. The number of anilines is 1. The van der Waals surface area contributed by atoms with Crippen LogP contribution in [0.1, 0.15) is 11.1 Å². The molecule has 4 heteroatoms. The highest BCUT2D eigenvalue weighted by molar-refractivity contribution is 8.02. The van der Waals surface area contributed by atoms with E-state index in [0.29, 0.717) is 11.6 Å². The van der Waals surface area contributed by atoms with Crippen LogP contribution in [0.3, 0.4) is 0 Å². The van der Waals surface area contributed by atoms with E-state index in [9.17, 15) is 4.39 Å². The van der Waals surface area contributed by atoms with E-state index in [2.05, 4.69) is 0 Å². The molecule has 0 aliphatic carbocycles. The van der Waals surface area contributed by atoms with Gasteiger partial charge in [0.1, 0.15) is 0 Å². The first kappa shape index (κ1) is 16.4. The van der Waals surface area contributed by atoms with E-state index in [0.717, 1.165) is 16.8 Å². The van der Waals surface area contributed by atoms with Crippen molar-refractivity contribution in [3.05, 3.63) is 95.5 Å². The van der Waals surface area contributed by atoms with Crippen LogP contribution in [-0.4, -0.2) is 0 Å². The SMILES string of the molecule is Cc1ccc(N(Cc2ccccc2)/C(F)=C\Sc2ccco2)cc1. The lowest BCUT2D eigenvalue weighted by Crippen LogP contribution is -2.19. The largest absolute Gasteiger partial charge is 0.458 e. The molecule has 0 atom stereocenters. The van der Waals surface area contributed by atoms with Gasteiger partial charge in [0.25, 0.3) is 0 Å². The molecule has 0 radical (unpaired) electrons. The molecule has 3 rings (SSSR count). The molecule has 0 bridgehead atoms. The Bertz CT molecular complexity index is 782. The van der Waals surface area contributed by atoms with E-state index in [-0.39, 0.29) is 5.95 Å². The Morgan fingerprint density at radius 2 is 1.79 bits per heavy atom. The standard InChI is InChI=1S/C20H18FNOS/c1-16-9-11-18(12-10-16)22(14-17-6-3-2-4-7-17)19(21)15-24-20-8-5-13-23-20/h2-13,15H,14H2,1H3/b19-15-. The number of hydrogen-bond donors (Lipinski definition) is 0. The molecule has 0 spiro atoms. The summed E-state index contributed by atoms with van der Waals surface area (Å²) < 4.78 is 20.1. The zero-order valence-electron chi connectivity index (χ0n) is 13.4. The van der Waals surface area contributed by atoms with Gasteiger partial charge in [-0.15, -0.1) is 0 Å². The third-order valence-electron chi connectivity index (χ3n) is 3.55. The number of rotatable bonds is 6. The number of thioether (sulfide) groups is 1. The van der Waals surface area contributed by atoms with Crippen LogP contribution in [0.25, 0.3) is 0 Å². The average Bonchev–Trinajstić information content (AvgIpc) is 3.13. The molecular weight excluding hydrogens is 321 g/mol. The van der Waals surface area contributed by atoms with Crippen molar-refractivity contribution < 1.29 is 8.81 Å². The third-order valence-corrected chi connectivity index (χ3v) is 4.33. The molecule has 0 aliphatic heterocycles. The fourth-order valence-corrected chi connectivity index (χ4v) is 2.89. The number of benzene rings is 2. The first-order valence-electron chi connectivity index (χ1n) is 7.66. The highest BCUT2D eigenvalue weighted by Crippen LogP contribution is 2.28. The van der Waals surface area contributed by atoms with Gasteiger partial charge in [0, 0.05) is 11.1 Å². The van der Waals surface area contributed by atoms with Gasteiger partial charge in [-0.3, -0.25) is 0 Å². The van der Waals surface area contributed by atoms with Crippen molar-refractivity contribution in [1.29, 1.82) is 0 Å². The maximum Gasteiger partial charge on any atom is 0.201 e. The summed E-state index contributed by atoms with van der Waals surface area (Å²) in [5, 5.41) is 2.13. The Labute approximate surface area is 145 Å². The average molecular weight is 339 g/mol. The number of furan rings is 1. The molecule has 1 aromatic heterocycles. The summed E-state index contributed by atoms with van der Waals surface area (Å²) in [6, 6.07) is 21.3. The van der Waals surface area contributed by atoms with Gasteiger partial charge in [0.05, 0.1) is 12.8 Å². The van der Waals surface area contributed by atoms with Gasteiger partial charge in [-0.2, -0.15) is 4.39 Å². The second kappa shape index (κ2) is 7.88. The molecule has 0 saturated carbocycles. The molecule has 0 amide bonds. The molecule has 0 saturated heterocycles. The Morgan fingerprint density at radius 1 is 1.04 bits per heavy atom. The number of nitrogens with zero attached hydrogens (tertiary/aromatic N) is 1. The highest BCUT2D eigenvalue weighted by atomic mass is 32.2. The second-order valence-electron chi connectivity index (χ2n) is 5.40. The third kappa shape index (κ3) is 4.30. The lowest BCUT2D eigenvalue weighted by molar-refractivity contribution is 0.475. The van der Waals surface area contributed by atoms with Gasteiger partial charge in [0.2, 0.25) is 5.95 Å². The first-order valence-corrected chi connectivity index (χ1v) is 8.54. The van der Waals surface area contributed by atoms with Crippen molar-refractivity contribution >= 4 is 17.4 Å². The quantitative estimate of drug-likeness (QED) is 0.395. The van der Waals surface area contributed by atoms with E-state index in [1.54, 1.807) is 17.2 Å². The predicted octanol–water partition coefficient (Wildman–Crippen LogP) is 6.16. The first-order chi connectivity index (χ1) is 11.7. The van der Waals surface area contributed by atoms with Gasteiger partial charge >= 0.3 is 0 Å². The molecule has 0 fully saturated rings. The molecule has 0 unspecified atom stereocenters. The highest BCUT2D eigenvalue weighted by Gasteiger charge is 2.13. The summed E-state index contributed by atoms with van der Waals surface area (Å²) in [7, 11) is 0. The van der Waals surface area contributed by atoms with Crippen molar-refractivity contribution in [2.45, 2.75) is 18.6 Å². The summed E-state index contributed by atoms with van der Waals surface area (Å²) in [6.07, 6.45) is 1.58. The molecule has 0 aliphatic rings. The van der Waals surface area contributed by atoms with Crippen LogP contribution < -0.4 is 4.90 Å². The summed E-state index contributed by atoms with van der Waals surface area (Å²) >= 11 is 1.23. The summed E-state index contributed by atoms with van der Waals surface area (Å²) in [5.74, 6) is -0.316. The zero-order chi connectivity index (χ0) is 16.8. The number of hydrogen-bond acceptors (Lipinski definition) is 3. The van der Waals surface area contributed by atoms with Crippen molar-refractivity contribution in [3.8, 4) is 0 Å². The Morgan fingerprint density at radius 3 is 2.46 bits per heavy atom. The van der Waals surface area contributed by atoms with Crippen molar-refractivity contribution in [2.75, 3.05) is 4.90 Å². The van der Waals surface area contributed by atoms with E-state index in [4.69, 9.17) is 4.42 Å². The van der Waals surface area contributed by atoms with E-state index >= 15 is 0 Å². The van der Waals surface area contributed by atoms with Crippen molar-refractivity contribution in [1.82, 2.24) is 0 Å². The molecule has 3 aromatic rings. The summed E-state index contributed by atoms with van der Waals surface area (Å²) in [5.41, 5.74) is 3.01. The summed E-state index contributed by atoms with van der Waals surface area (Å²) in [6.45, 7) is 2.48. The fraction of sp³-hybridized carbons (Fsp3) is 0.100. The van der Waals surface area contributed by atoms with Gasteiger partial charge in [-0.25, -0.2) is 0 Å². The van der Waals surface area contributed by atoms with E-state index < -0.39 is 0 Å². The van der Waals surface area contributed by atoms with E-state index in [1.807, 2.05) is 67.6 Å². The Kier molecular flexibility index (Phi) is 5.39. The van der Waals surface area contributed by atoms with E-state index in [1.165, 1.54) is 17.2 Å². The number of halogens is 1. The molecule has 122 valence electrons. The topological polar surface area (TPSA) is 16.4 Å². The van der Waals surface area contributed by atoms with Gasteiger partial charge in [-0.05, 0) is 36.8 Å². The Balaban J connectivity index is 1.85. The minimum absolute atomic E-state index is 0.316. The monoisotopic (exact) mass is 339 g/mol. The maximum absolute atomic E-state index is 14.9. The number of aryl methyl sites for hydroxylation is 1. The van der Waals surface area contributed by atoms with Crippen LogP contribution in [0.5, 0.6) is 0 Å². The van der Waals surface area contributed by atoms with Crippen molar-refractivity contribution in [3.63, 3.8) is 0 Å². The van der Waals surface area contributed by atoms with Gasteiger partial charge in [0.15, 0.2) is 5.09 Å². The lowest BCUT2D eigenvalue weighted by Gasteiger charge is -2.23. The minimum atomic E-state index is -0.316. The van der Waals surface area contributed by atoms with Crippen LogP contribution in [0, 0.1) is 6.92 Å². The second-order valence-corrected chi connectivity index (χ2v) is 6.27. The molecular formula is C20H18FNOS. The fourth-order valence-electron chi connectivity index (χ4n) is 2.28. The molecule has 2 nitrogen and oxygen atoms in total. The van der Waals surface area contributed by atoms with Crippen LogP contribution in [-0.2, 0) is 6.54 Å². The van der Waals surface area contributed by atoms with Gasteiger partial charge < -0.3 is 9.32 Å². The molecule has 24 heavy (non-hydrogen) atoms. The minimum Gasteiger partial charge on any atom is -0.458 e. The van der Waals surface area contributed by atoms with Crippen LogP contribution >= 0.6 is 11.8 Å². The van der Waals surface area contributed by atoms with Crippen LogP contribution in [0.2, 0.25) is 0 Å². The predicted molar refractivity (Wildman–Crippen MR) is 97.6 cm³/mol. The summed E-state index contributed by atoms with van der Waals surface area (Å²) in [4.78, 5) is 1.66. The molecule has 0 N–H and O–H groups in total. The lowest BCUT2D eigenvalue weighted by atomic mass is 10.2.